The van der Waals surface area contributed by atoms with Crippen molar-refractivity contribution >= 4 is 34.6 Å². The van der Waals surface area contributed by atoms with Crippen LogP contribution in [0.1, 0.15) is 24.6 Å². The molecule has 1 saturated heterocycles. The summed E-state index contributed by atoms with van der Waals surface area (Å²) in [5, 5.41) is 9.71. The van der Waals surface area contributed by atoms with Crippen LogP contribution in [0.5, 0.6) is 5.75 Å². The summed E-state index contributed by atoms with van der Waals surface area (Å²) in [4.78, 5) is 31.3. The van der Waals surface area contributed by atoms with Crippen molar-refractivity contribution in [1.29, 1.82) is 0 Å². The van der Waals surface area contributed by atoms with Crippen molar-refractivity contribution in [2.24, 2.45) is 0 Å². The van der Waals surface area contributed by atoms with Gasteiger partial charge in [-0.2, -0.15) is 11.3 Å². The number of thiazole rings is 1. The number of thiophene rings is 1. The first-order valence-corrected chi connectivity index (χ1v) is 11.0. The van der Waals surface area contributed by atoms with Crippen molar-refractivity contribution in [1.82, 2.24) is 15.2 Å². The van der Waals surface area contributed by atoms with E-state index >= 15 is 0 Å². The second kappa shape index (κ2) is 7.96. The van der Waals surface area contributed by atoms with Gasteiger partial charge in [0.2, 0.25) is 0 Å². The minimum absolute atomic E-state index is 0.184. The third-order valence-electron chi connectivity index (χ3n) is 5.06. The van der Waals surface area contributed by atoms with Gasteiger partial charge in [-0.3, -0.25) is 9.69 Å². The lowest BCUT2D eigenvalue weighted by Crippen LogP contribution is -2.44. The number of urea groups is 1. The van der Waals surface area contributed by atoms with Crippen LogP contribution in [0, 0.1) is 0 Å². The van der Waals surface area contributed by atoms with Gasteiger partial charge in [-0.05, 0) is 48.9 Å². The molecule has 8 heteroatoms. The van der Waals surface area contributed by atoms with Crippen LogP contribution in [0.15, 0.2) is 46.5 Å². The highest BCUT2D eigenvalue weighted by Crippen LogP contribution is 2.28. The van der Waals surface area contributed by atoms with Gasteiger partial charge >= 0.3 is 6.03 Å². The molecular weight excluding hydrogens is 406 g/mol. The molecule has 0 radical (unpaired) electrons. The molecule has 4 rings (SSSR count). The Hall–Kier alpha value is -2.71. The summed E-state index contributed by atoms with van der Waals surface area (Å²) in [7, 11) is 1.63. The van der Waals surface area contributed by atoms with E-state index in [2.05, 4.69) is 10.3 Å². The number of nitrogens with zero attached hydrogens (tertiary/aromatic N) is 2. The fourth-order valence-corrected chi connectivity index (χ4v) is 4.83. The molecule has 1 aliphatic rings. The predicted octanol–water partition coefficient (Wildman–Crippen LogP) is 4.32. The van der Waals surface area contributed by atoms with Gasteiger partial charge < -0.3 is 10.1 Å². The zero-order valence-corrected chi connectivity index (χ0v) is 17.8. The van der Waals surface area contributed by atoms with Crippen molar-refractivity contribution in [3.63, 3.8) is 0 Å². The first kappa shape index (κ1) is 19.6. The molecule has 3 amide bonds. The second-order valence-electron chi connectivity index (χ2n) is 7.16. The number of carbonyl (C=O) groups excluding carboxylic acids is 2. The highest BCUT2D eigenvalue weighted by Gasteiger charge is 2.47. The van der Waals surface area contributed by atoms with Gasteiger partial charge in [-0.1, -0.05) is 12.1 Å². The molecule has 29 heavy (non-hydrogen) atoms. The van der Waals surface area contributed by atoms with Gasteiger partial charge in [-0.15, -0.1) is 11.3 Å². The van der Waals surface area contributed by atoms with Crippen LogP contribution in [0.4, 0.5) is 4.79 Å². The van der Waals surface area contributed by atoms with Crippen LogP contribution in [-0.2, 0) is 17.8 Å². The van der Waals surface area contributed by atoms with Gasteiger partial charge in [0.05, 0.1) is 19.3 Å². The third-order valence-corrected chi connectivity index (χ3v) is 6.68. The topological polar surface area (TPSA) is 71.5 Å². The first-order chi connectivity index (χ1) is 14.0. The Morgan fingerprint density at radius 2 is 1.97 bits per heavy atom. The fourth-order valence-electron chi connectivity index (χ4n) is 3.31. The summed E-state index contributed by atoms with van der Waals surface area (Å²) in [5.74, 6) is 0.586. The summed E-state index contributed by atoms with van der Waals surface area (Å²) in [5.41, 5.74) is 1.96. The van der Waals surface area contributed by atoms with Gasteiger partial charge in [-0.25, -0.2) is 9.78 Å². The van der Waals surface area contributed by atoms with E-state index in [1.54, 1.807) is 25.4 Å². The Balaban J connectivity index is 1.42. The molecule has 150 valence electrons. The third kappa shape index (κ3) is 4.04. The lowest BCUT2D eigenvalue weighted by molar-refractivity contribution is -0.131. The van der Waals surface area contributed by atoms with E-state index in [0.717, 1.165) is 27.6 Å². The summed E-state index contributed by atoms with van der Waals surface area (Å²) < 4.78 is 5.17. The molecule has 1 aromatic carbocycles. The molecule has 3 aromatic rings. The van der Waals surface area contributed by atoms with E-state index in [-0.39, 0.29) is 18.5 Å². The minimum Gasteiger partial charge on any atom is -0.497 e. The van der Waals surface area contributed by atoms with Crippen LogP contribution in [-0.4, -0.2) is 34.5 Å². The Morgan fingerprint density at radius 1 is 1.17 bits per heavy atom. The van der Waals surface area contributed by atoms with Gasteiger partial charge in [0, 0.05) is 16.3 Å². The summed E-state index contributed by atoms with van der Waals surface area (Å²) >= 11 is 3.13. The molecular formula is C21H21N3O3S2. The maximum absolute atomic E-state index is 13.0. The predicted molar refractivity (Wildman–Crippen MR) is 114 cm³/mol. The fraction of sp³-hybridized carbons (Fsp3) is 0.286. The van der Waals surface area contributed by atoms with Gasteiger partial charge in [0.1, 0.15) is 16.3 Å². The Labute approximate surface area is 177 Å². The molecule has 0 saturated carbocycles. The molecule has 1 fully saturated rings. The van der Waals surface area contributed by atoms with Crippen LogP contribution in [0.3, 0.4) is 0 Å². The standard InChI is InChI=1S/C21H21N3O3S2/c1-21(9-7-14-3-5-17(27-2)6-4-14)19(25)24(20(26)23-21)11-16-13-29-18(22-16)15-8-10-28-12-15/h3-6,8,10,12-13H,7,9,11H2,1-2H3,(H,23,26)/t21-/m1/s1. The molecule has 1 aliphatic heterocycles. The molecule has 2 aromatic heterocycles. The Morgan fingerprint density at radius 3 is 2.66 bits per heavy atom. The zero-order chi connectivity index (χ0) is 20.4. The van der Waals surface area contributed by atoms with E-state index in [1.165, 1.54) is 16.2 Å². The van der Waals surface area contributed by atoms with Crippen molar-refractivity contribution in [3.05, 3.63) is 57.7 Å². The Bertz CT molecular complexity index is 1010. The zero-order valence-electron chi connectivity index (χ0n) is 16.2. The number of benzene rings is 1. The summed E-state index contributed by atoms with van der Waals surface area (Å²) in [6, 6.07) is 9.39. The maximum atomic E-state index is 13.0. The number of amides is 3. The van der Waals surface area contributed by atoms with Gasteiger partial charge in [0.15, 0.2) is 0 Å². The van der Waals surface area contributed by atoms with Crippen molar-refractivity contribution in [2.45, 2.75) is 31.8 Å². The molecule has 0 spiro atoms. The van der Waals surface area contributed by atoms with Crippen LogP contribution in [0.2, 0.25) is 0 Å². The molecule has 3 heterocycles. The van der Waals surface area contributed by atoms with Crippen molar-refractivity contribution in [3.8, 4) is 16.3 Å². The first-order valence-electron chi connectivity index (χ1n) is 9.22. The SMILES string of the molecule is COc1ccc(CC[C@@]2(C)NC(=O)N(Cc3csc(-c4ccsc4)n3)C2=O)cc1. The summed E-state index contributed by atoms with van der Waals surface area (Å²) in [6.45, 7) is 1.97. The smallest absolute Gasteiger partial charge is 0.325 e. The minimum atomic E-state index is -0.913. The number of hydrogen-bond acceptors (Lipinski definition) is 6. The van der Waals surface area contributed by atoms with E-state index < -0.39 is 5.54 Å². The molecule has 0 bridgehead atoms. The number of ether oxygens (including phenoxy) is 1. The highest BCUT2D eigenvalue weighted by molar-refractivity contribution is 7.14. The van der Waals surface area contributed by atoms with E-state index in [1.807, 2.05) is 46.5 Å². The molecule has 0 unspecified atom stereocenters. The number of nitrogens with one attached hydrogen (secondary N) is 1. The highest BCUT2D eigenvalue weighted by atomic mass is 32.1. The van der Waals surface area contributed by atoms with Crippen molar-refractivity contribution in [2.75, 3.05) is 7.11 Å². The number of aryl methyl sites for hydroxylation is 1. The van der Waals surface area contributed by atoms with E-state index in [9.17, 15) is 9.59 Å². The lowest BCUT2D eigenvalue weighted by atomic mass is 9.93. The number of imide groups is 1. The number of carbonyl (C=O) groups is 2. The van der Waals surface area contributed by atoms with Crippen LogP contribution < -0.4 is 10.1 Å². The lowest BCUT2D eigenvalue weighted by Gasteiger charge is -2.21. The molecule has 1 atom stereocenters. The number of hydrogen-bond donors (Lipinski definition) is 1. The molecule has 6 nitrogen and oxygen atoms in total. The Kier molecular flexibility index (Phi) is 5.38. The summed E-state index contributed by atoms with van der Waals surface area (Å²) in [6.07, 6.45) is 1.21. The normalized spacial score (nSPS) is 18.9. The largest absolute Gasteiger partial charge is 0.497 e. The second-order valence-corrected chi connectivity index (χ2v) is 8.80. The molecule has 0 aliphatic carbocycles. The van der Waals surface area contributed by atoms with Crippen molar-refractivity contribution < 1.29 is 14.3 Å². The number of rotatable bonds is 7. The van der Waals surface area contributed by atoms with E-state index in [4.69, 9.17) is 4.74 Å². The van der Waals surface area contributed by atoms with E-state index in [0.29, 0.717) is 12.8 Å². The van der Waals surface area contributed by atoms with Gasteiger partial charge in [0.25, 0.3) is 5.91 Å². The monoisotopic (exact) mass is 427 g/mol. The van der Waals surface area contributed by atoms with Crippen LogP contribution in [0.25, 0.3) is 10.6 Å². The maximum Gasteiger partial charge on any atom is 0.325 e. The number of aromatic nitrogens is 1. The average molecular weight is 428 g/mol. The molecule has 1 N–H and O–H groups in total. The number of methoxy groups -OCH3 is 1. The van der Waals surface area contributed by atoms with Crippen LogP contribution >= 0.6 is 22.7 Å². The average Bonchev–Trinajstić information content (AvgIpc) is 3.45. The quantitative estimate of drug-likeness (QED) is 0.570.